The zero-order valence-corrected chi connectivity index (χ0v) is 16.8. The zero-order valence-electron chi connectivity index (χ0n) is 13.7. The first-order chi connectivity index (χ1) is 12.7. The molecule has 0 unspecified atom stereocenters. The van der Waals surface area contributed by atoms with E-state index in [9.17, 15) is 18.0 Å². The summed E-state index contributed by atoms with van der Waals surface area (Å²) in [5.74, 6) is -1.18. The first kappa shape index (κ1) is 21.7. The number of carbonyl (C=O) groups excluding carboxylic acids is 2. The third-order valence-electron chi connectivity index (χ3n) is 3.33. The highest BCUT2D eigenvalue weighted by atomic mass is 35.5. The largest absolute Gasteiger partial charge is 0.457 e. The Balaban J connectivity index is 1.80. The summed E-state index contributed by atoms with van der Waals surface area (Å²) in [6, 6.07) is 10.0. The molecule has 0 aliphatic carbocycles. The number of hydrogen-bond acceptors (Lipinski definition) is 5. The summed E-state index contributed by atoms with van der Waals surface area (Å²) < 4.78 is 31.3. The monoisotopic (exact) mass is 449 g/mol. The average molecular weight is 451 g/mol. The molecule has 0 saturated carbocycles. The summed E-state index contributed by atoms with van der Waals surface area (Å²) in [4.78, 5) is 23.6. The van der Waals surface area contributed by atoms with Crippen LogP contribution in [0.3, 0.4) is 0 Å². The van der Waals surface area contributed by atoms with Gasteiger partial charge in [0.15, 0.2) is 12.4 Å². The molecule has 27 heavy (non-hydrogen) atoms. The number of halogens is 3. The van der Waals surface area contributed by atoms with Crippen molar-refractivity contribution >= 4 is 56.6 Å². The summed E-state index contributed by atoms with van der Waals surface area (Å²) >= 11 is 17.4. The summed E-state index contributed by atoms with van der Waals surface area (Å²) in [6.45, 7) is -0.674. The van der Waals surface area contributed by atoms with Gasteiger partial charge >= 0.3 is 5.97 Å². The SMILES string of the molecule is O=C(CCNS(=O)(=O)c1cccc(Cl)c1)OCC(=O)c1ccc(Cl)c(Cl)c1. The van der Waals surface area contributed by atoms with Gasteiger partial charge in [-0.25, -0.2) is 13.1 Å². The summed E-state index contributed by atoms with van der Waals surface area (Å²) in [5.41, 5.74) is 0.249. The van der Waals surface area contributed by atoms with Crippen LogP contribution in [0.25, 0.3) is 0 Å². The molecule has 0 aliphatic rings. The van der Waals surface area contributed by atoms with Crippen LogP contribution < -0.4 is 4.72 Å². The van der Waals surface area contributed by atoms with Crippen LogP contribution >= 0.6 is 34.8 Å². The van der Waals surface area contributed by atoms with Crippen molar-refractivity contribution in [1.82, 2.24) is 4.72 Å². The van der Waals surface area contributed by atoms with Crippen molar-refractivity contribution in [3.63, 3.8) is 0 Å². The number of hydrogen-bond donors (Lipinski definition) is 1. The maximum atomic E-state index is 12.1. The van der Waals surface area contributed by atoms with Gasteiger partial charge < -0.3 is 4.74 Å². The average Bonchev–Trinajstić information content (AvgIpc) is 2.62. The van der Waals surface area contributed by atoms with Gasteiger partial charge in [-0.3, -0.25) is 9.59 Å². The van der Waals surface area contributed by atoms with E-state index >= 15 is 0 Å². The Kier molecular flexibility index (Phi) is 7.64. The van der Waals surface area contributed by atoms with Crippen LogP contribution in [-0.4, -0.2) is 33.3 Å². The Morgan fingerprint density at radius 3 is 2.41 bits per heavy atom. The number of carbonyl (C=O) groups is 2. The van der Waals surface area contributed by atoms with E-state index in [2.05, 4.69) is 4.72 Å². The molecule has 0 saturated heterocycles. The van der Waals surface area contributed by atoms with E-state index in [1.165, 1.54) is 36.4 Å². The lowest BCUT2D eigenvalue weighted by molar-refractivity contribution is -0.142. The molecule has 144 valence electrons. The predicted octanol–water partition coefficient (Wildman–Crippen LogP) is 3.74. The van der Waals surface area contributed by atoms with Crippen molar-refractivity contribution in [2.45, 2.75) is 11.3 Å². The van der Waals surface area contributed by atoms with E-state index < -0.39 is 28.4 Å². The Morgan fingerprint density at radius 2 is 1.74 bits per heavy atom. The summed E-state index contributed by atoms with van der Waals surface area (Å²) in [6.07, 6.45) is -0.242. The normalized spacial score (nSPS) is 11.2. The zero-order chi connectivity index (χ0) is 20.0. The molecule has 2 rings (SSSR count). The highest BCUT2D eigenvalue weighted by molar-refractivity contribution is 7.89. The van der Waals surface area contributed by atoms with Gasteiger partial charge in [0.05, 0.1) is 21.4 Å². The number of ether oxygens (including phenoxy) is 1. The molecule has 0 bridgehead atoms. The maximum Gasteiger partial charge on any atom is 0.307 e. The minimum atomic E-state index is -3.80. The minimum Gasteiger partial charge on any atom is -0.457 e. The molecule has 2 aromatic carbocycles. The van der Waals surface area contributed by atoms with E-state index in [4.69, 9.17) is 39.5 Å². The van der Waals surface area contributed by atoms with Gasteiger partial charge in [-0.05, 0) is 36.4 Å². The van der Waals surface area contributed by atoms with E-state index in [-0.39, 0.29) is 33.5 Å². The highest BCUT2D eigenvalue weighted by Crippen LogP contribution is 2.22. The Bertz CT molecular complexity index is 963. The maximum absolute atomic E-state index is 12.1. The molecule has 0 heterocycles. The van der Waals surface area contributed by atoms with Gasteiger partial charge in [0.2, 0.25) is 10.0 Å². The van der Waals surface area contributed by atoms with E-state index in [1.807, 2.05) is 0 Å². The second kappa shape index (κ2) is 9.52. The van der Waals surface area contributed by atoms with Gasteiger partial charge in [0.1, 0.15) is 0 Å². The van der Waals surface area contributed by atoms with Crippen LogP contribution in [-0.2, 0) is 19.6 Å². The van der Waals surface area contributed by atoms with Gasteiger partial charge in [-0.1, -0.05) is 40.9 Å². The van der Waals surface area contributed by atoms with Crippen molar-refractivity contribution in [2.75, 3.05) is 13.2 Å². The fraction of sp³-hybridized carbons (Fsp3) is 0.176. The van der Waals surface area contributed by atoms with Gasteiger partial charge in [-0.2, -0.15) is 0 Å². The fourth-order valence-corrected chi connectivity index (χ4v) is 3.61. The van der Waals surface area contributed by atoms with Crippen molar-refractivity contribution in [3.05, 3.63) is 63.1 Å². The molecule has 0 spiro atoms. The molecule has 0 atom stereocenters. The first-order valence-electron chi connectivity index (χ1n) is 7.58. The Morgan fingerprint density at radius 1 is 1.00 bits per heavy atom. The standard InChI is InChI=1S/C17H14Cl3NO5S/c18-12-2-1-3-13(9-12)27(24,25)21-7-6-17(23)26-10-16(22)11-4-5-14(19)15(20)8-11/h1-5,8-9,21H,6-7,10H2. The topological polar surface area (TPSA) is 89.5 Å². The molecule has 2 aromatic rings. The van der Waals surface area contributed by atoms with E-state index in [0.717, 1.165) is 0 Å². The lowest BCUT2D eigenvalue weighted by Crippen LogP contribution is -2.27. The third kappa shape index (κ3) is 6.48. The van der Waals surface area contributed by atoms with E-state index in [1.54, 1.807) is 6.07 Å². The van der Waals surface area contributed by atoms with Crippen LogP contribution in [0.1, 0.15) is 16.8 Å². The molecule has 0 amide bonds. The minimum absolute atomic E-state index is 0.0156. The fourth-order valence-electron chi connectivity index (χ4n) is 1.98. The second-order valence-electron chi connectivity index (χ2n) is 5.32. The smallest absolute Gasteiger partial charge is 0.307 e. The number of nitrogens with one attached hydrogen (secondary N) is 1. The van der Waals surface area contributed by atoms with Crippen molar-refractivity contribution in [1.29, 1.82) is 0 Å². The van der Waals surface area contributed by atoms with Gasteiger partial charge in [0, 0.05) is 17.1 Å². The molecule has 0 aromatic heterocycles. The van der Waals surface area contributed by atoms with Crippen molar-refractivity contribution in [2.24, 2.45) is 0 Å². The van der Waals surface area contributed by atoms with Crippen molar-refractivity contribution < 1.29 is 22.7 Å². The van der Waals surface area contributed by atoms with Crippen LogP contribution in [0, 0.1) is 0 Å². The lowest BCUT2D eigenvalue weighted by Gasteiger charge is -2.08. The van der Waals surface area contributed by atoms with Crippen LogP contribution in [0.15, 0.2) is 47.4 Å². The summed E-state index contributed by atoms with van der Waals surface area (Å²) in [7, 11) is -3.80. The molecule has 1 N–H and O–H groups in total. The van der Waals surface area contributed by atoms with Gasteiger partial charge in [-0.15, -0.1) is 0 Å². The molecule has 0 fully saturated rings. The Labute approximate surface area is 171 Å². The number of Topliss-reactive ketones (excluding diaryl/α,β-unsaturated/α-hetero) is 1. The van der Waals surface area contributed by atoms with Crippen LogP contribution in [0.2, 0.25) is 15.1 Å². The molecule has 0 aliphatic heterocycles. The summed E-state index contributed by atoms with van der Waals surface area (Å²) in [5, 5.41) is 0.791. The first-order valence-corrected chi connectivity index (χ1v) is 10.2. The number of ketones is 1. The Hall–Kier alpha value is -1.64. The molecule has 6 nitrogen and oxygen atoms in total. The van der Waals surface area contributed by atoms with Crippen LogP contribution in [0.5, 0.6) is 0 Å². The number of benzene rings is 2. The number of rotatable bonds is 8. The second-order valence-corrected chi connectivity index (χ2v) is 8.34. The molecular weight excluding hydrogens is 437 g/mol. The molecule has 0 radical (unpaired) electrons. The number of esters is 1. The predicted molar refractivity (Wildman–Crippen MR) is 103 cm³/mol. The van der Waals surface area contributed by atoms with Gasteiger partial charge in [0.25, 0.3) is 0 Å². The van der Waals surface area contributed by atoms with Crippen LogP contribution in [0.4, 0.5) is 0 Å². The molecule has 10 heteroatoms. The highest BCUT2D eigenvalue weighted by Gasteiger charge is 2.16. The quantitative estimate of drug-likeness (QED) is 0.489. The van der Waals surface area contributed by atoms with E-state index in [0.29, 0.717) is 5.02 Å². The number of sulfonamides is 1. The lowest BCUT2D eigenvalue weighted by atomic mass is 10.1. The van der Waals surface area contributed by atoms with Crippen molar-refractivity contribution in [3.8, 4) is 0 Å². The molecular formula is C17H14Cl3NO5S. The third-order valence-corrected chi connectivity index (χ3v) is 5.77.